The summed E-state index contributed by atoms with van der Waals surface area (Å²) in [7, 11) is 1.82. The first-order chi connectivity index (χ1) is 12.6. The van der Waals surface area contributed by atoms with Crippen LogP contribution in [0.5, 0.6) is 0 Å². The number of likely N-dealkylation sites (N-methyl/N-ethyl adjacent to an activating group) is 1. The number of amides is 1. The van der Waals surface area contributed by atoms with Crippen molar-refractivity contribution in [1.82, 2.24) is 4.57 Å². The van der Waals surface area contributed by atoms with Gasteiger partial charge in [-0.05, 0) is 42.0 Å². The molecule has 0 bridgehead atoms. The maximum absolute atomic E-state index is 13.6. The summed E-state index contributed by atoms with van der Waals surface area (Å²) in [4.78, 5) is 15.4. The van der Waals surface area contributed by atoms with Gasteiger partial charge in [0.25, 0.3) is 5.91 Å². The highest BCUT2D eigenvalue weighted by Crippen LogP contribution is 2.53. The summed E-state index contributed by atoms with van der Waals surface area (Å²) in [5, 5.41) is 0. The largest absolute Gasteiger partial charge is 0.328 e. The summed E-state index contributed by atoms with van der Waals surface area (Å²) in [6.07, 6.45) is 6.06. The van der Waals surface area contributed by atoms with E-state index in [-0.39, 0.29) is 17.6 Å². The van der Waals surface area contributed by atoms with Gasteiger partial charge in [-0.1, -0.05) is 36.4 Å². The minimum atomic E-state index is -0.892. The summed E-state index contributed by atoms with van der Waals surface area (Å²) < 4.78 is 15.6. The van der Waals surface area contributed by atoms with Gasteiger partial charge < -0.3 is 9.47 Å². The number of halogens is 1. The number of fused-ring (bicyclic) bond motifs is 4. The van der Waals surface area contributed by atoms with Crippen LogP contribution in [0.4, 0.5) is 10.1 Å². The lowest BCUT2D eigenvalue weighted by Gasteiger charge is -2.40. The first-order valence-electron chi connectivity index (χ1n) is 8.63. The average Bonchev–Trinajstić information content (AvgIpc) is 3.23. The highest BCUT2D eigenvalue weighted by Gasteiger charge is 2.57. The van der Waals surface area contributed by atoms with Gasteiger partial charge in [0.05, 0.1) is 0 Å². The fraction of sp³-hybridized carbons (Fsp3) is 0.136. The number of carbonyl (C=O) groups is 1. The second-order valence-electron chi connectivity index (χ2n) is 6.84. The Morgan fingerprint density at radius 1 is 1.00 bits per heavy atom. The van der Waals surface area contributed by atoms with E-state index in [0.717, 1.165) is 22.5 Å². The molecule has 0 saturated heterocycles. The third-order valence-corrected chi connectivity index (χ3v) is 5.61. The van der Waals surface area contributed by atoms with Crippen LogP contribution in [0.3, 0.4) is 0 Å². The molecule has 3 nitrogen and oxygen atoms in total. The number of anilines is 1. The molecule has 128 valence electrons. The number of hydrogen-bond acceptors (Lipinski definition) is 1. The fourth-order valence-electron chi connectivity index (χ4n) is 4.46. The second kappa shape index (κ2) is 5.18. The van der Waals surface area contributed by atoms with E-state index in [1.165, 1.54) is 12.1 Å². The molecule has 0 fully saturated rings. The number of carbonyl (C=O) groups excluding carboxylic acids is 1. The zero-order chi connectivity index (χ0) is 17.9. The van der Waals surface area contributed by atoms with Crippen LogP contribution in [0.25, 0.3) is 6.08 Å². The van der Waals surface area contributed by atoms with Crippen LogP contribution in [0.1, 0.15) is 22.7 Å². The van der Waals surface area contributed by atoms with Crippen LogP contribution in [-0.2, 0) is 10.3 Å². The van der Waals surface area contributed by atoms with Crippen LogP contribution < -0.4 is 4.90 Å². The van der Waals surface area contributed by atoms with Crippen molar-refractivity contribution in [2.75, 3.05) is 11.9 Å². The van der Waals surface area contributed by atoms with E-state index in [9.17, 15) is 9.18 Å². The number of benzene rings is 2. The number of nitrogens with zero attached hydrogens (tertiary/aromatic N) is 2. The van der Waals surface area contributed by atoms with Crippen molar-refractivity contribution < 1.29 is 9.18 Å². The molecule has 5 rings (SSSR count). The van der Waals surface area contributed by atoms with Crippen molar-refractivity contribution in [2.45, 2.75) is 11.5 Å². The van der Waals surface area contributed by atoms with E-state index in [1.54, 1.807) is 17.0 Å². The van der Waals surface area contributed by atoms with Crippen molar-refractivity contribution in [3.8, 4) is 0 Å². The van der Waals surface area contributed by atoms with Crippen LogP contribution in [0, 0.1) is 5.82 Å². The zero-order valence-corrected chi connectivity index (χ0v) is 14.3. The molecule has 0 N–H and O–H groups in total. The fourth-order valence-corrected chi connectivity index (χ4v) is 4.46. The number of aromatic nitrogens is 1. The van der Waals surface area contributed by atoms with Gasteiger partial charge in [-0.15, -0.1) is 0 Å². The van der Waals surface area contributed by atoms with Crippen molar-refractivity contribution in [3.63, 3.8) is 0 Å². The molecule has 0 unspecified atom stereocenters. The van der Waals surface area contributed by atoms with E-state index >= 15 is 0 Å². The van der Waals surface area contributed by atoms with Gasteiger partial charge in [-0.2, -0.15) is 0 Å². The first-order valence-corrected chi connectivity index (χ1v) is 8.63. The number of hydrogen-bond donors (Lipinski definition) is 0. The Balaban J connectivity index is 1.85. The molecule has 0 radical (unpaired) electrons. The lowest BCUT2D eigenvalue weighted by atomic mass is 9.73. The van der Waals surface area contributed by atoms with Gasteiger partial charge in [-0.25, -0.2) is 4.39 Å². The van der Waals surface area contributed by atoms with E-state index in [1.807, 2.05) is 55.7 Å². The molecule has 4 heteroatoms. The maximum Gasteiger partial charge on any atom is 0.258 e. The molecule has 26 heavy (non-hydrogen) atoms. The molecule has 2 aliphatic heterocycles. The van der Waals surface area contributed by atoms with Crippen molar-refractivity contribution in [3.05, 3.63) is 95.6 Å². The molecule has 1 aromatic heterocycles. The molecule has 2 aromatic carbocycles. The molecule has 2 atom stereocenters. The number of rotatable bonds is 1. The van der Waals surface area contributed by atoms with E-state index in [4.69, 9.17) is 0 Å². The van der Waals surface area contributed by atoms with Crippen LogP contribution in [-0.4, -0.2) is 17.5 Å². The molecule has 2 aliphatic rings. The molecule has 0 aliphatic carbocycles. The van der Waals surface area contributed by atoms with Crippen LogP contribution in [0.2, 0.25) is 0 Å². The quantitative estimate of drug-likeness (QED) is 0.651. The molecule has 3 aromatic rings. The van der Waals surface area contributed by atoms with Gasteiger partial charge >= 0.3 is 0 Å². The summed E-state index contributed by atoms with van der Waals surface area (Å²) in [6.45, 7) is 0. The van der Waals surface area contributed by atoms with Gasteiger partial charge in [-0.3, -0.25) is 4.79 Å². The normalized spacial score (nSPS) is 23.4. The highest BCUT2D eigenvalue weighted by molar-refractivity contribution is 6.09. The zero-order valence-electron chi connectivity index (χ0n) is 14.3. The Hall–Kier alpha value is -3.14. The van der Waals surface area contributed by atoms with Gasteiger partial charge in [0.15, 0.2) is 5.54 Å². The predicted octanol–water partition coefficient (Wildman–Crippen LogP) is 4.16. The summed E-state index contributed by atoms with van der Waals surface area (Å²) in [5.41, 5.74) is 2.90. The van der Waals surface area contributed by atoms with E-state index in [2.05, 4.69) is 10.6 Å². The molecule has 1 spiro atoms. The Morgan fingerprint density at radius 3 is 2.58 bits per heavy atom. The van der Waals surface area contributed by atoms with Crippen molar-refractivity contribution in [2.24, 2.45) is 0 Å². The lowest BCUT2D eigenvalue weighted by Crippen LogP contribution is -2.50. The topological polar surface area (TPSA) is 25.2 Å². The standard InChI is InChI=1S/C22H17FN2O/c1-24-20-7-3-2-6-19(20)22(21(24)26)18(15-8-10-16(23)11-9-15)13-12-17-5-4-14-25(17)22/h2-14,18H,1H3/t18-,22+/m0/s1. The molecule has 3 heterocycles. The average molecular weight is 344 g/mol. The number of allylic oxidation sites excluding steroid dienone is 1. The summed E-state index contributed by atoms with van der Waals surface area (Å²) in [5.74, 6) is -0.476. The minimum absolute atomic E-state index is 0.0230. The third-order valence-electron chi connectivity index (χ3n) is 5.61. The van der Waals surface area contributed by atoms with Gasteiger partial charge in [0.1, 0.15) is 5.82 Å². The smallest absolute Gasteiger partial charge is 0.258 e. The van der Waals surface area contributed by atoms with Gasteiger partial charge in [0.2, 0.25) is 0 Å². The maximum atomic E-state index is 13.6. The Kier molecular flexibility index (Phi) is 3.02. The Bertz CT molecular complexity index is 1050. The Labute approximate surface area is 151 Å². The van der Waals surface area contributed by atoms with Gasteiger partial charge in [0, 0.05) is 36.1 Å². The first kappa shape index (κ1) is 15.1. The lowest BCUT2D eigenvalue weighted by molar-refractivity contribution is -0.124. The van der Waals surface area contributed by atoms with Crippen LogP contribution >= 0.6 is 0 Å². The predicted molar refractivity (Wildman–Crippen MR) is 99.5 cm³/mol. The molecular weight excluding hydrogens is 327 g/mol. The van der Waals surface area contributed by atoms with Crippen molar-refractivity contribution >= 4 is 17.7 Å². The SMILES string of the molecule is CN1C(=O)[C@]2(c3ccccc31)[C@H](c1ccc(F)cc1)C=Cc1cccn12. The highest BCUT2D eigenvalue weighted by atomic mass is 19.1. The van der Waals surface area contributed by atoms with E-state index in [0.29, 0.717) is 0 Å². The Morgan fingerprint density at radius 2 is 1.77 bits per heavy atom. The third kappa shape index (κ3) is 1.74. The molecule has 1 amide bonds. The summed E-state index contributed by atoms with van der Waals surface area (Å²) >= 11 is 0. The van der Waals surface area contributed by atoms with Crippen molar-refractivity contribution in [1.29, 1.82) is 0 Å². The summed E-state index contributed by atoms with van der Waals surface area (Å²) in [6, 6.07) is 18.3. The minimum Gasteiger partial charge on any atom is -0.328 e. The second-order valence-corrected chi connectivity index (χ2v) is 6.84. The molecular formula is C22H17FN2O. The van der Waals surface area contributed by atoms with E-state index < -0.39 is 5.54 Å². The molecule has 0 saturated carbocycles. The van der Waals surface area contributed by atoms with Crippen LogP contribution in [0.15, 0.2) is 72.9 Å². The monoisotopic (exact) mass is 344 g/mol. The number of para-hydroxylation sites is 1.